The first-order valence-electron chi connectivity index (χ1n) is 6.73. The van der Waals surface area contributed by atoms with Gasteiger partial charge in [0.2, 0.25) is 0 Å². The third-order valence-corrected chi connectivity index (χ3v) is 3.56. The molecule has 2 heterocycles. The van der Waals surface area contributed by atoms with E-state index in [1.165, 1.54) is 18.5 Å². The van der Waals surface area contributed by atoms with Gasteiger partial charge in [0.05, 0.1) is 19.1 Å². The first-order valence-corrected chi connectivity index (χ1v) is 6.73. The average Bonchev–Trinajstić information content (AvgIpc) is 2.85. The van der Waals surface area contributed by atoms with E-state index in [9.17, 15) is 4.79 Å². The van der Waals surface area contributed by atoms with Crippen LogP contribution in [0.1, 0.15) is 26.2 Å². The second-order valence-corrected chi connectivity index (χ2v) is 4.82. The van der Waals surface area contributed by atoms with E-state index >= 15 is 0 Å². The predicted octanol–water partition coefficient (Wildman–Crippen LogP) is 1.75. The maximum atomic E-state index is 11.7. The van der Waals surface area contributed by atoms with Crippen LogP contribution in [0, 0.1) is 0 Å². The summed E-state index contributed by atoms with van der Waals surface area (Å²) in [7, 11) is 2.02. The van der Waals surface area contributed by atoms with Gasteiger partial charge in [-0.15, -0.1) is 0 Å². The fourth-order valence-electron chi connectivity index (χ4n) is 2.62. The van der Waals surface area contributed by atoms with Gasteiger partial charge >= 0.3 is 5.97 Å². The minimum atomic E-state index is -0.116. The molecule has 4 heteroatoms. The SMILES string of the molecule is CCOC(=O)CC1C(N2CCCC2)=CC=CN1C. The first kappa shape index (κ1) is 13.0. The molecular weight excluding hydrogens is 228 g/mol. The highest BCUT2D eigenvalue weighted by Crippen LogP contribution is 2.25. The van der Waals surface area contributed by atoms with Crippen LogP contribution in [0.15, 0.2) is 24.0 Å². The molecule has 18 heavy (non-hydrogen) atoms. The number of ether oxygens (including phenoxy) is 1. The zero-order chi connectivity index (χ0) is 13.0. The molecule has 2 aliphatic rings. The van der Waals surface area contributed by atoms with Crippen molar-refractivity contribution in [3.05, 3.63) is 24.0 Å². The Balaban J connectivity index is 2.06. The van der Waals surface area contributed by atoms with E-state index in [0.717, 1.165) is 13.1 Å². The lowest BCUT2D eigenvalue weighted by Crippen LogP contribution is -2.40. The lowest BCUT2D eigenvalue weighted by Gasteiger charge is -2.36. The Kier molecular flexibility index (Phi) is 4.28. The smallest absolute Gasteiger partial charge is 0.308 e. The summed E-state index contributed by atoms with van der Waals surface area (Å²) in [5.74, 6) is -0.116. The number of allylic oxidation sites excluding steroid dienone is 2. The summed E-state index contributed by atoms with van der Waals surface area (Å²) in [6.45, 7) is 4.51. The number of hydrogen-bond donors (Lipinski definition) is 0. The third-order valence-electron chi connectivity index (χ3n) is 3.56. The van der Waals surface area contributed by atoms with Crippen LogP contribution in [-0.4, -0.2) is 48.6 Å². The van der Waals surface area contributed by atoms with Crippen molar-refractivity contribution in [2.75, 3.05) is 26.7 Å². The number of hydrogen-bond acceptors (Lipinski definition) is 4. The molecule has 0 aromatic rings. The second-order valence-electron chi connectivity index (χ2n) is 4.82. The molecule has 0 saturated carbocycles. The third kappa shape index (κ3) is 2.86. The molecule has 1 saturated heterocycles. The Morgan fingerprint density at radius 1 is 1.44 bits per heavy atom. The molecule has 1 unspecified atom stereocenters. The van der Waals surface area contributed by atoms with Crippen LogP contribution in [0.5, 0.6) is 0 Å². The van der Waals surface area contributed by atoms with E-state index in [0.29, 0.717) is 13.0 Å². The first-order chi connectivity index (χ1) is 8.72. The van der Waals surface area contributed by atoms with Crippen LogP contribution in [0.25, 0.3) is 0 Å². The van der Waals surface area contributed by atoms with Crippen molar-refractivity contribution < 1.29 is 9.53 Å². The minimum absolute atomic E-state index is 0.116. The van der Waals surface area contributed by atoms with Crippen molar-refractivity contribution in [1.82, 2.24) is 9.80 Å². The number of carbonyl (C=O) groups excluding carboxylic acids is 1. The highest BCUT2D eigenvalue weighted by molar-refractivity contribution is 5.70. The Morgan fingerprint density at radius 2 is 2.17 bits per heavy atom. The predicted molar refractivity (Wildman–Crippen MR) is 70.8 cm³/mol. The van der Waals surface area contributed by atoms with E-state index in [4.69, 9.17) is 4.74 Å². The zero-order valence-corrected chi connectivity index (χ0v) is 11.3. The van der Waals surface area contributed by atoms with Gasteiger partial charge in [-0.3, -0.25) is 4.79 Å². The molecule has 0 amide bonds. The summed E-state index contributed by atoms with van der Waals surface area (Å²) in [5, 5.41) is 0. The molecule has 2 aliphatic heterocycles. The van der Waals surface area contributed by atoms with Crippen molar-refractivity contribution in [2.24, 2.45) is 0 Å². The number of likely N-dealkylation sites (tertiary alicyclic amines) is 1. The van der Waals surface area contributed by atoms with Gasteiger partial charge in [-0.2, -0.15) is 0 Å². The normalized spacial score (nSPS) is 23.2. The fourth-order valence-corrected chi connectivity index (χ4v) is 2.62. The van der Waals surface area contributed by atoms with Gasteiger partial charge in [-0.05, 0) is 38.1 Å². The highest BCUT2D eigenvalue weighted by atomic mass is 16.5. The molecule has 0 N–H and O–H groups in total. The molecular formula is C14H22N2O2. The van der Waals surface area contributed by atoms with Crippen LogP contribution in [-0.2, 0) is 9.53 Å². The number of likely N-dealkylation sites (N-methyl/N-ethyl adjacent to an activating group) is 1. The number of esters is 1. The quantitative estimate of drug-likeness (QED) is 0.712. The maximum Gasteiger partial charge on any atom is 0.308 e. The maximum absolute atomic E-state index is 11.7. The molecule has 4 nitrogen and oxygen atoms in total. The van der Waals surface area contributed by atoms with Crippen molar-refractivity contribution >= 4 is 5.97 Å². The van der Waals surface area contributed by atoms with Crippen LogP contribution < -0.4 is 0 Å². The van der Waals surface area contributed by atoms with Crippen molar-refractivity contribution in [3.8, 4) is 0 Å². The molecule has 0 bridgehead atoms. The van der Waals surface area contributed by atoms with E-state index in [1.54, 1.807) is 0 Å². The van der Waals surface area contributed by atoms with Crippen LogP contribution >= 0.6 is 0 Å². The summed E-state index contributed by atoms with van der Waals surface area (Å²) < 4.78 is 5.07. The lowest BCUT2D eigenvalue weighted by molar-refractivity contribution is -0.144. The number of rotatable bonds is 4. The Bertz CT molecular complexity index is 357. The zero-order valence-electron chi connectivity index (χ0n) is 11.3. The lowest BCUT2D eigenvalue weighted by atomic mass is 10.1. The summed E-state index contributed by atoms with van der Waals surface area (Å²) in [4.78, 5) is 16.2. The molecule has 1 fully saturated rings. The molecule has 0 aliphatic carbocycles. The van der Waals surface area contributed by atoms with Crippen molar-refractivity contribution in [2.45, 2.75) is 32.2 Å². The van der Waals surface area contributed by atoms with Gasteiger partial charge in [0, 0.05) is 25.8 Å². The minimum Gasteiger partial charge on any atom is -0.466 e. The fraction of sp³-hybridized carbons (Fsp3) is 0.643. The van der Waals surface area contributed by atoms with Gasteiger partial charge in [-0.25, -0.2) is 0 Å². The van der Waals surface area contributed by atoms with E-state index < -0.39 is 0 Å². The molecule has 0 aromatic heterocycles. The van der Waals surface area contributed by atoms with Crippen molar-refractivity contribution in [1.29, 1.82) is 0 Å². The highest BCUT2D eigenvalue weighted by Gasteiger charge is 2.28. The number of carbonyl (C=O) groups is 1. The van der Waals surface area contributed by atoms with Crippen LogP contribution in [0.4, 0.5) is 0 Å². The van der Waals surface area contributed by atoms with Gasteiger partial charge < -0.3 is 14.5 Å². The summed E-state index contributed by atoms with van der Waals surface area (Å²) >= 11 is 0. The molecule has 2 rings (SSSR count). The number of nitrogens with zero attached hydrogens (tertiary/aromatic N) is 2. The second kappa shape index (κ2) is 5.94. The van der Waals surface area contributed by atoms with E-state index in [2.05, 4.69) is 22.0 Å². The summed E-state index contributed by atoms with van der Waals surface area (Å²) in [6.07, 6.45) is 9.12. The largest absolute Gasteiger partial charge is 0.466 e. The monoisotopic (exact) mass is 250 g/mol. The summed E-state index contributed by atoms with van der Waals surface area (Å²) in [6, 6.07) is 0.118. The molecule has 100 valence electrons. The van der Waals surface area contributed by atoms with E-state index in [1.807, 2.05) is 20.2 Å². The van der Waals surface area contributed by atoms with Gasteiger partial charge in [-0.1, -0.05) is 0 Å². The van der Waals surface area contributed by atoms with Crippen molar-refractivity contribution in [3.63, 3.8) is 0 Å². The topological polar surface area (TPSA) is 32.8 Å². The van der Waals surface area contributed by atoms with Gasteiger partial charge in [0.15, 0.2) is 0 Å². The van der Waals surface area contributed by atoms with Crippen LogP contribution in [0.2, 0.25) is 0 Å². The van der Waals surface area contributed by atoms with Gasteiger partial charge in [0.1, 0.15) is 0 Å². The molecule has 0 spiro atoms. The Hall–Kier alpha value is -1.45. The standard InChI is InChI=1S/C14H22N2O2/c1-3-18-14(17)11-13-12(7-6-8-15(13)2)16-9-4-5-10-16/h6-8,13H,3-5,9-11H2,1-2H3. The Labute approximate surface area is 109 Å². The molecule has 0 aromatic carbocycles. The summed E-state index contributed by atoms with van der Waals surface area (Å²) in [5.41, 5.74) is 1.26. The molecule has 0 radical (unpaired) electrons. The molecule has 1 atom stereocenters. The van der Waals surface area contributed by atoms with E-state index in [-0.39, 0.29) is 12.0 Å². The van der Waals surface area contributed by atoms with Crippen LogP contribution in [0.3, 0.4) is 0 Å². The average molecular weight is 250 g/mol. The van der Waals surface area contributed by atoms with Gasteiger partial charge in [0.25, 0.3) is 0 Å². The Morgan fingerprint density at radius 3 is 2.83 bits per heavy atom.